The monoisotopic (exact) mass is 392 g/mol. The highest BCUT2D eigenvalue weighted by atomic mass is 16.4. The predicted molar refractivity (Wildman–Crippen MR) is 82.9 cm³/mol. The van der Waals surface area contributed by atoms with Crippen molar-refractivity contribution in [2.24, 2.45) is 23.7 Å². The zero-order valence-corrected chi connectivity index (χ0v) is 14.0. The van der Waals surface area contributed by atoms with Crippen LogP contribution in [0.4, 0.5) is 0 Å². The van der Waals surface area contributed by atoms with Gasteiger partial charge in [0.25, 0.3) is 0 Å². The van der Waals surface area contributed by atoms with Crippen LogP contribution in [0, 0.1) is 23.7 Å². The predicted octanol–water partition coefficient (Wildman–Crippen LogP) is -0.0907. The molecule has 4 unspecified atom stereocenters. The minimum Gasteiger partial charge on any atom is -0.481 e. The molecular weight excluding hydrogens is 372 g/mol. The van der Waals surface area contributed by atoms with Crippen LogP contribution in [0.25, 0.3) is 0 Å². The van der Waals surface area contributed by atoms with Crippen LogP contribution in [0.1, 0.15) is 32.1 Å². The Morgan fingerprint density at radius 3 is 1.26 bits per heavy atom. The maximum Gasteiger partial charge on any atom is 0.307 e. The van der Waals surface area contributed by atoms with E-state index in [2.05, 4.69) is 0 Å². The second-order valence-corrected chi connectivity index (χ2v) is 5.96. The Balaban J connectivity index is 5.58. The van der Waals surface area contributed by atoms with Gasteiger partial charge in [0.2, 0.25) is 0 Å². The Morgan fingerprint density at radius 1 is 0.556 bits per heavy atom. The lowest BCUT2D eigenvalue weighted by Gasteiger charge is -2.25. The number of aliphatic carboxylic acids is 6. The first-order valence-electron chi connectivity index (χ1n) is 7.71. The van der Waals surface area contributed by atoms with Gasteiger partial charge in [-0.2, -0.15) is 0 Å². The van der Waals surface area contributed by atoms with E-state index >= 15 is 0 Å². The van der Waals surface area contributed by atoms with Crippen LogP contribution < -0.4 is 0 Å². The summed E-state index contributed by atoms with van der Waals surface area (Å²) in [4.78, 5) is 66.6. The van der Waals surface area contributed by atoms with Crippen LogP contribution in [0.3, 0.4) is 0 Å². The topological polar surface area (TPSA) is 224 Å². The minimum atomic E-state index is -1.87. The summed E-state index contributed by atoms with van der Waals surface area (Å²) in [5, 5.41) is 54.1. The van der Waals surface area contributed by atoms with Crippen LogP contribution in [0.5, 0.6) is 0 Å². The van der Waals surface area contributed by atoms with Crippen molar-refractivity contribution in [3.8, 4) is 0 Å². The van der Waals surface area contributed by atoms with Gasteiger partial charge >= 0.3 is 35.8 Å². The third-order valence-corrected chi connectivity index (χ3v) is 4.02. The van der Waals surface area contributed by atoms with Gasteiger partial charge in [0, 0.05) is 6.42 Å². The Hall–Kier alpha value is -3.18. The highest BCUT2D eigenvalue weighted by molar-refractivity contribution is 5.83. The van der Waals surface area contributed by atoms with E-state index in [1.807, 2.05) is 0 Å². The van der Waals surface area contributed by atoms with Gasteiger partial charge in [-0.05, 0) is 19.3 Å². The molecule has 0 bridgehead atoms. The molecule has 27 heavy (non-hydrogen) atoms. The highest BCUT2D eigenvalue weighted by Crippen LogP contribution is 2.30. The lowest BCUT2D eigenvalue weighted by Crippen LogP contribution is -2.36. The number of carboxylic acids is 6. The highest BCUT2D eigenvalue weighted by Gasteiger charge is 2.40. The van der Waals surface area contributed by atoms with Crippen LogP contribution in [0.15, 0.2) is 0 Å². The van der Waals surface area contributed by atoms with Crippen molar-refractivity contribution in [3.05, 3.63) is 0 Å². The molecule has 0 aromatic carbocycles. The summed E-state index contributed by atoms with van der Waals surface area (Å²) in [6, 6.07) is 0. The molecule has 12 nitrogen and oxygen atoms in total. The van der Waals surface area contributed by atoms with Crippen molar-refractivity contribution in [1.82, 2.24) is 0 Å². The molecule has 0 aliphatic heterocycles. The second kappa shape index (κ2) is 10.7. The van der Waals surface area contributed by atoms with Gasteiger partial charge in [0.1, 0.15) is 0 Å². The molecule has 152 valence electrons. The van der Waals surface area contributed by atoms with E-state index in [0.717, 1.165) is 0 Å². The van der Waals surface area contributed by atoms with Crippen molar-refractivity contribution in [1.29, 1.82) is 0 Å². The molecule has 0 saturated heterocycles. The van der Waals surface area contributed by atoms with E-state index in [1.54, 1.807) is 0 Å². The average Bonchev–Trinajstić information content (AvgIpc) is 2.50. The van der Waals surface area contributed by atoms with Crippen LogP contribution >= 0.6 is 0 Å². The zero-order chi connectivity index (χ0) is 21.3. The molecule has 0 amide bonds. The van der Waals surface area contributed by atoms with E-state index in [1.165, 1.54) is 0 Å². The average molecular weight is 392 g/mol. The molecule has 0 aliphatic carbocycles. The summed E-state index contributed by atoms with van der Waals surface area (Å²) in [5.74, 6) is -16.3. The molecule has 0 aromatic rings. The van der Waals surface area contributed by atoms with E-state index < -0.39 is 91.6 Å². The smallest absolute Gasteiger partial charge is 0.307 e. The summed E-state index contributed by atoms with van der Waals surface area (Å²) < 4.78 is 0. The fourth-order valence-corrected chi connectivity index (χ4v) is 2.61. The van der Waals surface area contributed by atoms with Gasteiger partial charge in [-0.15, -0.1) is 0 Å². The van der Waals surface area contributed by atoms with Gasteiger partial charge in [-0.1, -0.05) is 0 Å². The van der Waals surface area contributed by atoms with E-state index in [0.29, 0.717) is 0 Å². The fraction of sp³-hybridized carbons (Fsp3) is 0.600. The maximum absolute atomic E-state index is 11.5. The second-order valence-electron chi connectivity index (χ2n) is 5.96. The molecule has 0 fully saturated rings. The summed E-state index contributed by atoms with van der Waals surface area (Å²) in [7, 11) is 0. The van der Waals surface area contributed by atoms with Gasteiger partial charge < -0.3 is 30.6 Å². The summed E-state index contributed by atoms with van der Waals surface area (Å²) >= 11 is 0. The molecule has 0 aliphatic rings. The minimum absolute atomic E-state index is 0.446. The van der Waals surface area contributed by atoms with E-state index in [9.17, 15) is 39.0 Å². The molecule has 12 heteroatoms. The number of hydrogen-bond donors (Lipinski definition) is 6. The molecule has 0 aromatic heterocycles. The van der Waals surface area contributed by atoms with Crippen LogP contribution in [-0.4, -0.2) is 66.5 Å². The molecule has 0 heterocycles. The Morgan fingerprint density at radius 2 is 0.963 bits per heavy atom. The maximum atomic E-state index is 11.5. The fourth-order valence-electron chi connectivity index (χ4n) is 2.61. The SMILES string of the molecule is O=C(O)CCC(CC(C(=O)O)C(CC(CC(=O)O)C(=O)O)C(=O)O)C(=O)O. The summed E-state index contributed by atoms with van der Waals surface area (Å²) in [6.45, 7) is 0. The van der Waals surface area contributed by atoms with E-state index in [-0.39, 0.29) is 0 Å². The largest absolute Gasteiger partial charge is 0.481 e. The quantitative estimate of drug-likeness (QED) is 0.228. The number of carbonyl (C=O) groups is 6. The molecule has 0 rings (SSSR count). The van der Waals surface area contributed by atoms with Gasteiger partial charge in [0.05, 0.1) is 30.1 Å². The van der Waals surface area contributed by atoms with Crippen molar-refractivity contribution in [3.63, 3.8) is 0 Å². The third-order valence-electron chi connectivity index (χ3n) is 4.02. The molecule has 0 spiro atoms. The van der Waals surface area contributed by atoms with Gasteiger partial charge in [0.15, 0.2) is 0 Å². The summed E-state index contributed by atoms with van der Waals surface area (Å²) in [5.41, 5.74) is 0. The normalized spacial score (nSPS) is 15.1. The summed E-state index contributed by atoms with van der Waals surface area (Å²) in [6.07, 6.45) is -3.55. The van der Waals surface area contributed by atoms with Crippen LogP contribution in [0.2, 0.25) is 0 Å². The number of hydrogen-bond acceptors (Lipinski definition) is 6. The van der Waals surface area contributed by atoms with Gasteiger partial charge in [-0.25, -0.2) is 0 Å². The number of rotatable bonds is 14. The molecule has 4 atom stereocenters. The zero-order valence-electron chi connectivity index (χ0n) is 14.0. The third kappa shape index (κ3) is 8.65. The molecule has 0 saturated carbocycles. The van der Waals surface area contributed by atoms with Crippen molar-refractivity contribution in [2.75, 3.05) is 0 Å². The Kier molecular flexibility index (Phi) is 9.47. The molecule has 0 radical (unpaired) electrons. The first kappa shape index (κ1) is 23.8. The lowest BCUT2D eigenvalue weighted by atomic mass is 9.78. The van der Waals surface area contributed by atoms with Crippen molar-refractivity contribution < 1.29 is 59.4 Å². The van der Waals surface area contributed by atoms with E-state index in [4.69, 9.17) is 20.4 Å². The lowest BCUT2D eigenvalue weighted by molar-refractivity contribution is -0.159. The van der Waals surface area contributed by atoms with Crippen LogP contribution in [-0.2, 0) is 28.8 Å². The number of carboxylic acid groups (broad SMARTS) is 6. The first-order chi connectivity index (χ1) is 12.4. The molecule has 6 N–H and O–H groups in total. The first-order valence-corrected chi connectivity index (χ1v) is 7.71. The Bertz CT molecular complexity index is 610. The molecular formula is C15H20O12. The standard InChI is InChI=1S/C15H20O12/c16-10(17)2-1-6(12(20)21)3-8(14(24)25)9(15(26)27)4-7(13(22)23)5-11(18)19/h6-9H,1-5H2,(H,16,17)(H,18,19)(H,20,21)(H,22,23)(H,24,25)(H,26,27). The Labute approximate surface area is 152 Å². The van der Waals surface area contributed by atoms with Gasteiger partial charge in [-0.3, -0.25) is 28.8 Å². The van der Waals surface area contributed by atoms with Crippen molar-refractivity contribution in [2.45, 2.75) is 32.1 Å². The van der Waals surface area contributed by atoms with Crippen molar-refractivity contribution >= 4 is 35.8 Å².